The van der Waals surface area contributed by atoms with E-state index in [9.17, 15) is 13.0 Å². The lowest BCUT2D eigenvalue weighted by Gasteiger charge is -2.14. The third-order valence-corrected chi connectivity index (χ3v) is 4.74. The largest absolute Gasteiger partial charge is 0.748 e. The number of rotatable bonds is 4. The van der Waals surface area contributed by atoms with Gasteiger partial charge in [0.25, 0.3) is 0 Å². The maximum Gasteiger partial charge on any atom is 0.209 e. The minimum absolute atomic E-state index is 0. The molecule has 0 spiro atoms. The van der Waals surface area contributed by atoms with Gasteiger partial charge in [0.1, 0.15) is 6.54 Å². The molecule has 1 aliphatic heterocycles. The zero-order chi connectivity index (χ0) is 14.3. The average Bonchev–Trinajstić information content (AvgIpc) is 2.50. The second-order valence-corrected chi connectivity index (χ2v) is 7.02. The highest BCUT2D eigenvalue weighted by Gasteiger charge is 2.42. The molecule has 0 unspecified atom stereocenters. The quantitative estimate of drug-likeness (QED) is 0.634. The van der Waals surface area contributed by atoms with Crippen molar-refractivity contribution in [3.63, 3.8) is 0 Å². The van der Waals surface area contributed by atoms with Crippen molar-refractivity contribution in [1.82, 2.24) is 0 Å². The molecular weight excluding hydrogens is 274 g/mol. The molecule has 1 heterocycles. The van der Waals surface area contributed by atoms with E-state index < -0.39 is 10.1 Å². The molecule has 0 N–H and O–H groups in total. The summed E-state index contributed by atoms with van der Waals surface area (Å²) in [7, 11) is -4.13. The van der Waals surface area contributed by atoms with E-state index in [1.807, 2.05) is 18.2 Å². The number of hydrogen-bond donors (Lipinski definition) is 0. The summed E-state index contributed by atoms with van der Waals surface area (Å²) in [6, 6.07) is 8.13. The lowest BCUT2D eigenvalue weighted by Crippen LogP contribution is -2.27. The molecule has 20 heavy (non-hydrogen) atoms. The highest BCUT2D eigenvalue weighted by molar-refractivity contribution is 7.85. The van der Waals surface area contributed by atoms with Crippen molar-refractivity contribution in [1.29, 1.82) is 0 Å². The molecule has 0 bridgehead atoms. The van der Waals surface area contributed by atoms with E-state index in [1.165, 1.54) is 11.3 Å². The maximum absolute atomic E-state index is 10.7. The molecule has 2 rings (SSSR count). The molecule has 0 saturated heterocycles. The van der Waals surface area contributed by atoms with Crippen LogP contribution in [0.25, 0.3) is 0 Å². The first-order valence-electron chi connectivity index (χ1n) is 6.38. The summed E-state index contributed by atoms with van der Waals surface area (Å²) in [6.45, 7) is 6.94. The predicted molar refractivity (Wildman–Crippen MR) is 80.8 cm³/mol. The second kappa shape index (κ2) is 5.66. The number of fused-ring (bicyclic) bond motifs is 1. The standard InChI is InChI=1S/C14H19NO3S.CH4/c1-11-14(2,3)12-7-4-5-8-13(12)15(11)9-6-10-19(16,17)18;/h4-5,7-8H,6,9-10H2,1-3H3;1H4. The zero-order valence-corrected chi connectivity index (χ0v) is 12.3. The number of benzene rings is 1. The van der Waals surface area contributed by atoms with Crippen molar-refractivity contribution in [2.24, 2.45) is 0 Å². The molecular formula is C15H23NO3S. The topological polar surface area (TPSA) is 60.2 Å². The molecule has 0 atom stereocenters. The van der Waals surface area contributed by atoms with Crippen molar-refractivity contribution in [2.45, 2.75) is 40.0 Å². The van der Waals surface area contributed by atoms with Crippen LogP contribution in [0, 0.1) is 0 Å². The summed E-state index contributed by atoms with van der Waals surface area (Å²) >= 11 is 0. The van der Waals surface area contributed by atoms with Gasteiger partial charge in [0, 0.05) is 30.7 Å². The SMILES string of the molecule is C.CC1=[N+](CCCS(=O)(=O)[O-])c2ccccc2C1(C)C. The van der Waals surface area contributed by atoms with Gasteiger partial charge in [-0.2, -0.15) is 4.58 Å². The van der Waals surface area contributed by atoms with Gasteiger partial charge in [0.15, 0.2) is 5.71 Å². The van der Waals surface area contributed by atoms with E-state index in [0.29, 0.717) is 13.0 Å². The van der Waals surface area contributed by atoms with Crippen molar-refractivity contribution in [2.75, 3.05) is 12.3 Å². The molecule has 5 heteroatoms. The molecule has 0 saturated carbocycles. The van der Waals surface area contributed by atoms with Crippen LogP contribution in [-0.2, 0) is 15.5 Å². The van der Waals surface area contributed by atoms with Crippen molar-refractivity contribution >= 4 is 21.5 Å². The summed E-state index contributed by atoms with van der Waals surface area (Å²) in [6.07, 6.45) is 0.355. The number of nitrogens with zero attached hydrogens (tertiary/aromatic N) is 1. The Morgan fingerprint density at radius 2 is 1.85 bits per heavy atom. The summed E-state index contributed by atoms with van der Waals surface area (Å²) < 4.78 is 34.2. The van der Waals surface area contributed by atoms with Gasteiger partial charge in [0.05, 0.1) is 15.5 Å². The van der Waals surface area contributed by atoms with E-state index >= 15 is 0 Å². The Kier molecular flexibility index (Phi) is 4.77. The maximum atomic E-state index is 10.7. The molecule has 0 fully saturated rings. The molecule has 0 amide bonds. The fraction of sp³-hybridized carbons (Fsp3) is 0.533. The number of para-hydroxylation sites is 1. The average molecular weight is 297 g/mol. The zero-order valence-electron chi connectivity index (χ0n) is 11.5. The van der Waals surface area contributed by atoms with Crippen LogP contribution in [0.5, 0.6) is 0 Å². The van der Waals surface area contributed by atoms with Crippen LogP contribution >= 0.6 is 0 Å². The highest BCUT2D eigenvalue weighted by Crippen LogP contribution is 2.39. The van der Waals surface area contributed by atoms with Crippen LogP contribution in [0.1, 0.15) is 40.2 Å². The minimum atomic E-state index is -4.13. The predicted octanol–water partition coefficient (Wildman–Crippen LogP) is 2.65. The summed E-state index contributed by atoms with van der Waals surface area (Å²) in [5, 5.41) is 0. The molecule has 1 aliphatic rings. The van der Waals surface area contributed by atoms with E-state index in [4.69, 9.17) is 0 Å². The van der Waals surface area contributed by atoms with Crippen LogP contribution in [0.3, 0.4) is 0 Å². The van der Waals surface area contributed by atoms with Crippen molar-refractivity contribution < 1.29 is 17.5 Å². The minimum Gasteiger partial charge on any atom is -0.748 e. The summed E-state index contributed by atoms with van der Waals surface area (Å²) in [5.41, 5.74) is 3.51. The first-order valence-corrected chi connectivity index (χ1v) is 7.96. The molecule has 112 valence electrons. The third kappa shape index (κ3) is 3.10. The Labute approximate surface area is 121 Å². The first-order chi connectivity index (χ1) is 8.73. The third-order valence-electron chi connectivity index (χ3n) is 3.95. The Morgan fingerprint density at radius 3 is 2.45 bits per heavy atom. The molecule has 1 aromatic rings. The monoisotopic (exact) mass is 297 g/mol. The van der Waals surface area contributed by atoms with Gasteiger partial charge in [0.2, 0.25) is 5.69 Å². The van der Waals surface area contributed by atoms with Gasteiger partial charge < -0.3 is 4.55 Å². The fourth-order valence-corrected chi connectivity index (χ4v) is 3.12. The second-order valence-electron chi connectivity index (χ2n) is 5.49. The lowest BCUT2D eigenvalue weighted by atomic mass is 9.82. The molecule has 0 radical (unpaired) electrons. The summed E-state index contributed by atoms with van der Waals surface area (Å²) in [5.74, 6) is -0.306. The lowest BCUT2D eigenvalue weighted by molar-refractivity contribution is -0.438. The molecule has 1 aromatic carbocycles. The van der Waals surface area contributed by atoms with E-state index in [2.05, 4.69) is 31.4 Å². The normalized spacial score (nSPS) is 16.8. The number of hydrogen-bond acceptors (Lipinski definition) is 3. The Hall–Kier alpha value is -1.20. The van der Waals surface area contributed by atoms with E-state index in [1.54, 1.807) is 0 Å². The van der Waals surface area contributed by atoms with Crippen LogP contribution in [-0.4, -0.2) is 35.6 Å². The Morgan fingerprint density at radius 1 is 1.25 bits per heavy atom. The highest BCUT2D eigenvalue weighted by atomic mass is 32.2. The molecule has 0 aliphatic carbocycles. The molecule has 0 aromatic heterocycles. The van der Waals surface area contributed by atoms with Gasteiger partial charge in [-0.1, -0.05) is 25.6 Å². The van der Waals surface area contributed by atoms with Gasteiger partial charge in [-0.05, 0) is 13.8 Å². The molecule has 4 nitrogen and oxygen atoms in total. The first kappa shape index (κ1) is 16.9. The Bertz CT molecular complexity index is 630. The van der Waals surface area contributed by atoms with E-state index in [-0.39, 0.29) is 18.6 Å². The van der Waals surface area contributed by atoms with Gasteiger partial charge in [-0.25, -0.2) is 8.42 Å². The van der Waals surface area contributed by atoms with Crippen molar-refractivity contribution in [3.05, 3.63) is 29.8 Å². The fourth-order valence-electron chi connectivity index (χ4n) is 2.64. The Balaban J connectivity index is 0.00000200. The van der Waals surface area contributed by atoms with Crippen LogP contribution < -0.4 is 0 Å². The van der Waals surface area contributed by atoms with Crippen molar-refractivity contribution in [3.8, 4) is 0 Å². The van der Waals surface area contributed by atoms with Crippen LogP contribution in [0.2, 0.25) is 0 Å². The van der Waals surface area contributed by atoms with Gasteiger partial charge in [-0.15, -0.1) is 0 Å². The van der Waals surface area contributed by atoms with Gasteiger partial charge in [-0.3, -0.25) is 0 Å². The van der Waals surface area contributed by atoms with Crippen LogP contribution in [0.4, 0.5) is 5.69 Å². The van der Waals surface area contributed by atoms with E-state index in [0.717, 1.165) is 5.69 Å². The van der Waals surface area contributed by atoms with Gasteiger partial charge >= 0.3 is 0 Å². The summed E-state index contributed by atoms with van der Waals surface area (Å²) in [4.78, 5) is 0. The van der Waals surface area contributed by atoms with Crippen LogP contribution in [0.15, 0.2) is 24.3 Å². The smallest absolute Gasteiger partial charge is 0.209 e.